The molecule has 0 unspecified atom stereocenters. The van der Waals surface area contributed by atoms with Gasteiger partial charge in [-0.1, -0.05) is 0 Å². The molecule has 1 atom stereocenters. The lowest BCUT2D eigenvalue weighted by molar-refractivity contribution is 0.208. The molecule has 0 aromatic heterocycles. The van der Waals surface area contributed by atoms with Crippen molar-refractivity contribution in [2.24, 2.45) is 0 Å². The summed E-state index contributed by atoms with van der Waals surface area (Å²) >= 11 is 0. The Bertz CT molecular complexity index is 341. The molecule has 0 bridgehead atoms. The van der Waals surface area contributed by atoms with Crippen LogP contribution in [0.4, 0.5) is 5.69 Å². The number of ether oxygens (including phenoxy) is 3. The monoisotopic (exact) mass is 241 g/mol. The maximum atomic E-state index is 9.22. The van der Waals surface area contributed by atoms with Crippen molar-refractivity contribution in [2.75, 3.05) is 33.2 Å². The molecule has 17 heavy (non-hydrogen) atoms. The van der Waals surface area contributed by atoms with E-state index in [1.165, 1.54) is 0 Å². The smallest absolute Gasteiger partial charge is 0.203 e. The van der Waals surface area contributed by atoms with Crippen LogP contribution < -0.4 is 19.5 Å². The maximum absolute atomic E-state index is 9.22. The van der Waals surface area contributed by atoms with Gasteiger partial charge in [-0.25, -0.2) is 0 Å². The molecule has 0 radical (unpaired) electrons. The molecule has 1 aromatic rings. The Balaban J connectivity index is 3.00. The summed E-state index contributed by atoms with van der Waals surface area (Å²) in [4.78, 5) is 0. The van der Waals surface area contributed by atoms with Crippen LogP contribution in [-0.2, 0) is 0 Å². The number of aliphatic hydroxyl groups excluding tert-OH is 1. The van der Waals surface area contributed by atoms with Crippen molar-refractivity contribution in [3.8, 4) is 17.2 Å². The number of aliphatic hydroxyl groups is 1. The van der Waals surface area contributed by atoms with Crippen molar-refractivity contribution in [3.05, 3.63) is 12.1 Å². The fourth-order valence-corrected chi connectivity index (χ4v) is 1.45. The topological polar surface area (TPSA) is 60.0 Å². The van der Waals surface area contributed by atoms with Crippen molar-refractivity contribution in [1.82, 2.24) is 0 Å². The Labute approximate surface area is 101 Å². The fourth-order valence-electron chi connectivity index (χ4n) is 1.45. The number of benzene rings is 1. The molecule has 0 aliphatic rings. The number of anilines is 1. The molecular formula is C12H19NO4. The van der Waals surface area contributed by atoms with Gasteiger partial charge in [-0.05, 0) is 6.92 Å². The minimum Gasteiger partial charge on any atom is -0.493 e. The zero-order valence-electron chi connectivity index (χ0n) is 10.6. The van der Waals surface area contributed by atoms with Gasteiger partial charge in [-0.15, -0.1) is 0 Å². The first-order valence-corrected chi connectivity index (χ1v) is 5.34. The van der Waals surface area contributed by atoms with E-state index in [1.54, 1.807) is 40.4 Å². The van der Waals surface area contributed by atoms with E-state index in [0.717, 1.165) is 5.69 Å². The molecule has 0 saturated carbocycles. The van der Waals surface area contributed by atoms with Gasteiger partial charge in [0, 0.05) is 24.4 Å². The Morgan fingerprint density at radius 1 is 1.12 bits per heavy atom. The molecule has 0 fully saturated rings. The van der Waals surface area contributed by atoms with E-state index in [9.17, 15) is 5.11 Å². The van der Waals surface area contributed by atoms with E-state index in [-0.39, 0.29) is 0 Å². The average Bonchev–Trinajstić information content (AvgIpc) is 2.34. The molecule has 0 spiro atoms. The standard InChI is InChI=1S/C12H19NO4/c1-8(14)7-13-9-5-10(15-2)12(17-4)11(6-9)16-3/h5-6,8,13-14H,7H2,1-4H3/t8-/m0/s1. The van der Waals surface area contributed by atoms with Gasteiger partial charge in [0.1, 0.15) is 0 Å². The lowest BCUT2D eigenvalue weighted by Crippen LogP contribution is -2.15. The van der Waals surface area contributed by atoms with Crippen LogP contribution in [0.15, 0.2) is 12.1 Å². The first kappa shape index (κ1) is 13.4. The van der Waals surface area contributed by atoms with Crippen LogP contribution in [0.2, 0.25) is 0 Å². The summed E-state index contributed by atoms with van der Waals surface area (Å²) < 4.78 is 15.6. The second-order valence-electron chi connectivity index (χ2n) is 3.64. The van der Waals surface area contributed by atoms with Gasteiger partial charge in [-0.3, -0.25) is 0 Å². The van der Waals surface area contributed by atoms with Crippen molar-refractivity contribution in [2.45, 2.75) is 13.0 Å². The number of methoxy groups -OCH3 is 3. The third kappa shape index (κ3) is 3.42. The van der Waals surface area contributed by atoms with Crippen molar-refractivity contribution in [3.63, 3.8) is 0 Å². The molecule has 5 nitrogen and oxygen atoms in total. The van der Waals surface area contributed by atoms with E-state index in [0.29, 0.717) is 23.8 Å². The first-order chi connectivity index (χ1) is 8.12. The highest BCUT2D eigenvalue weighted by atomic mass is 16.5. The van der Waals surface area contributed by atoms with Crippen molar-refractivity contribution >= 4 is 5.69 Å². The molecule has 2 N–H and O–H groups in total. The SMILES string of the molecule is COc1cc(NC[C@H](C)O)cc(OC)c1OC. The molecule has 96 valence electrons. The van der Waals surface area contributed by atoms with Crippen LogP contribution in [0.3, 0.4) is 0 Å². The maximum Gasteiger partial charge on any atom is 0.203 e. The predicted octanol–water partition coefficient (Wildman–Crippen LogP) is 1.51. The lowest BCUT2D eigenvalue weighted by atomic mass is 10.2. The van der Waals surface area contributed by atoms with Crippen LogP contribution in [0.5, 0.6) is 17.2 Å². The summed E-state index contributed by atoms with van der Waals surface area (Å²) in [5.41, 5.74) is 0.806. The highest BCUT2D eigenvalue weighted by Gasteiger charge is 2.13. The highest BCUT2D eigenvalue weighted by Crippen LogP contribution is 2.39. The molecule has 0 saturated heterocycles. The quantitative estimate of drug-likeness (QED) is 0.790. The van der Waals surface area contributed by atoms with Gasteiger partial charge < -0.3 is 24.6 Å². The van der Waals surface area contributed by atoms with Crippen LogP contribution in [-0.4, -0.2) is 39.1 Å². The summed E-state index contributed by atoms with van der Waals surface area (Å²) in [5.74, 6) is 1.72. The van der Waals surface area contributed by atoms with Gasteiger partial charge in [0.2, 0.25) is 5.75 Å². The van der Waals surface area contributed by atoms with Crippen molar-refractivity contribution in [1.29, 1.82) is 0 Å². The van der Waals surface area contributed by atoms with Crippen LogP contribution in [0, 0.1) is 0 Å². The number of nitrogens with one attached hydrogen (secondary N) is 1. The summed E-state index contributed by atoms with van der Waals surface area (Å²) in [6.07, 6.45) is -0.422. The van der Waals surface area contributed by atoms with Gasteiger partial charge >= 0.3 is 0 Å². The second-order valence-corrected chi connectivity index (χ2v) is 3.64. The first-order valence-electron chi connectivity index (χ1n) is 5.34. The van der Waals surface area contributed by atoms with E-state index < -0.39 is 6.10 Å². The van der Waals surface area contributed by atoms with E-state index in [1.807, 2.05) is 0 Å². The predicted molar refractivity (Wildman–Crippen MR) is 66.3 cm³/mol. The van der Waals surface area contributed by atoms with Crippen LogP contribution >= 0.6 is 0 Å². The molecule has 0 aliphatic carbocycles. The molecule has 0 heterocycles. The third-order valence-electron chi connectivity index (χ3n) is 2.27. The number of hydrogen-bond acceptors (Lipinski definition) is 5. The van der Waals surface area contributed by atoms with E-state index in [4.69, 9.17) is 14.2 Å². The van der Waals surface area contributed by atoms with E-state index >= 15 is 0 Å². The molecule has 1 rings (SSSR count). The Hall–Kier alpha value is -1.62. The minimum absolute atomic E-state index is 0.422. The number of hydrogen-bond donors (Lipinski definition) is 2. The zero-order valence-corrected chi connectivity index (χ0v) is 10.6. The summed E-state index contributed by atoms with van der Waals surface area (Å²) in [6.45, 7) is 2.17. The van der Waals surface area contributed by atoms with Crippen LogP contribution in [0.1, 0.15) is 6.92 Å². The molecule has 0 amide bonds. The van der Waals surface area contributed by atoms with Gasteiger partial charge in [0.25, 0.3) is 0 Å². The third-order valence-corrected chi connectivity index (χ3v) is 2.27. The molecular weight excluding hydrogens is 222 g/mol. The Kier molecular flexibility index (Phi) is 4.90. The normalized spacial score (nSPS) is 11.8. The van der Waals surface area contributed by atoms with Gasteiger partial charge in [0.15, 0.2) is 11.5 Å². The van der Waals surface area contributed by atoms with Crippen molar-refractivity contribution < 1.29 is 19.3 Å². The van der Waals surface area contributed by atoms with Gasteiger partial charge in [0.05, 0.1) is 27.4 Å². The number of rotatable bonds is 6. The summed E-state index contributed by atoms with van der Waals surface area (Å²) in [6, 6.07) is 3.59. The zero-order chi connectivity index (χ0) is 12.8. The van der Waals surface area contributed by atoms with E-state index in [2.05, 4.69) is 5.32 Å². The fraction of sp³-hybridized carbons (Fsp3) is 0.500. The van der Waals surface area contributed by atoms with Gasteiger partial charge in [-0.2, -0.15) is 0 Å². The highest BCUT2D eigenvalue weighted by molar-refractivity contribution is 5.62. The second kappa shape index (κ2) is 6.20. The summed E-state index contributed by atoms with van der Waals surface area (Å²) in [5, 5.41) is 12.3. The molecule has 1 aromatic carbocycles. The molecule has 5 heteroatoms. The summed E-state index contributed by atoms with van der Waals surface area (Å²) in [7, 11) is 4.69. The minimum atomic E-state index is -0.422. The Morgan fingerprint density at radius 3 is 2.00 bits per heavy atom. The lowest BCUT2D eigenvalue weighted by Gasteiger charge is -2.15. The Morgan fingerprint density at radius 2 is 1.65 bits per heavy atom. The molecule has 0 aliphatic heterocycles. The van der Waals surface area contributed by atoms with Crippen LogP contribution in [0.25, 0.3) is 0 Å². The average molecular weight is 241 g/mol. The largest absolute Gasteiger partial charge is 0.493 e.